The number of benzene rings is 2. The van der Waals surface area contributed by atoms with Gasteiger partial charge in [0.25, 0.3) is 11.7 Å². The summed E-state index contributed by atoms with van der Waals surface area (Å²) in [5, 5.41) is 13.1. The number of ether oxygens (including phenoxy) is 1. The average Bonchev–Trinajstić information content (AvgIpc) is 3.40. The highest BCUT2D eigenvalue weighted by atomic mass is 32.1. The van der Waals surface area contributed by atoms with E-state index in [4.69, 9.17) is 4.74 Å². The van der Waals surface area contributed by atoms with Gasteiger partial charge in [0.15, 0.2) is 0 Å². The van der Waals surface area contributed by atoms with E-state index in [1.54, 1.807) is 29.2 Å². The van der Waals surface area contributed by atoms with Crippen LogP contribution in [-0.2, 0) is 16.1 Å². The highest BCUT2D eigenvalue weighted by Crippen LogP contribution is 2.41. The second-order valence-corrected chi connectivity index (χ2v) is 8.83. The van der Waals surface area contributed by atoms with E-state index in [1.807, 2.05) is 55.6 Å². The van der Waals surface area contributed by atoms with Gasteiger partial charge < -0.3 is 14.7 Å². The number of carbonyl (C=O) groups excluding carboxylic acids is 2. The van der Waals surface area contributed by atoms with Gasteiger partial charge in [0.1, 0.15) is 11.5 Å². The second kappa shape index (κ2) is 9.40. The van der Waals surface area contributed by atoms with E-state index in [2.05, 4.69) is 0 Å². The number of aliphatic hydroxyl groups is 1. The van der Waals surface area contributed by atoms with Gasteiger partial charge in [-0.2, -0.15) is 0 Å². The van der Waals surface area contributed by atoms with Gasteiger partial charge in [0, 0.05) is 10.4 Å². The van der Waals surface area contributed by atoms with E-state index in [9.17, 15) is 14.7 Å². The molecule has 1 aliphatic rings. The number of hydrogen-bond acceptors (Lipinski definition) is 5. The molecule has 164 valence electrons. The van der Waals surface area contributed by atoms with Crippen molar-refractivity contribution in [2.45, 2.75) is 32.9 Å². The number of nitrogens with zero attached hydrogens (tertiary/aromatic N) is 1. The number of thiophene rings is 1. The number of aryl methyl sites for hydroxylation is 1. The molecule has 1 aliphatic heterocycles. The number of Topliss-reactive ketones (excluding diaryl/α,β-unsaturated/α-hetero) is 1. The smallest absolute Gasteiger partial charge is 0.295 e. The Hall–Kier alpha value is -3.38. The first-order chi connectivity index (χ1) is 15.5. The normalized spacial score (nSPS) is 17.7. The van der Waals surface area contributed by atoms with Crippen LogP contribution in [0.3, 0.4) is 0 Å². The lowest BCUT2D eigenvalue weighted by molar-refractivity contribution is -0.140. The van der Waals surface area contributed by atoms with Crippen LogP contribution in [0.25, 0.3) is 5.76 Å². The fourth-order valence-corrected chi connectivity index (χ4v) is 4.59. The van der Waals surface area contributed by atoms with Crippen LogP contribution in [0.1, 0.15) is 41.0 Å². The highest BCUT2D eigenvalue weighted by Gasteiger charge is 2.46. The maximum Gasteiger partial charge on any atom is 0.295 e. The van der Waals surface area contributed by atoms with Crippen molar-refractivity contribution in [1.82, 2.24) is 4.90 Å². The third-order valence-electron chi connectivity index (χ3n) is 5.40. The standard InChI is InChI=1S/C26H25NO4S/c1-3-13-31-20-11-9-18(10-12-20)24(28)22-23(19-7-4-6-17(2)15-19)27(26(30)25(22)29)16-21-8-5-14-32-21/h4-12,14-15,23,28H,3,13,16H2,1-2H3/b24-22-. The van der Waals surface area contributed by atoms with Crippen molar-refractivity contribution in [1.29, 1.82) is 0 Å². The molecule has 1 fully saturated rings. The third kappa shape index (κ3) is 4.32. The minimum atomic E-state index is -0.670. The molecule has 0 bridgehead atoms. The van der Waals surface area contributed by atoms with Crippen LogP contribution in [0.5, 0.6) is 5.75 Å². The minimum absolute atomic E-state index is 0.111. The third-order valence-corrected chi connectivity index (χ3v) is 6.27. The van der Waals surface area contributed by atoms with Crippen molar-refractivity contribution in [3.63, 3.8) is 0 Å². The number of ketones is 1. The van der Waals surface area contributed by atoms with Crippen LogP contribution in [0.15, 0.2) is 71.6 Å². The molecule has 2 aromatic carbocycles. The van der Waals surface area contributed by atoms with Crippen molar-refractivity contribution >= 4 is 28.8 Å². The average molecular weight is 448 g/mol. The molecule has 32 heavy (non-hydrogen) atoms. The maximum absolute atomic E-state index is 13.1. The molecule has 0 radical (unpaired) electrons. The van der Waals surface area contributed by atoms with E-state index in [1.165, 1.54) is 11.3 Å². The van der Waals surface area contributed by atoms with Crippen LogP contribution in [0.2, 0.25) is 0 Å². The number of aliphatic hydroxyl groups excluding tert-OH is 1. The van der Waals surface area contributed by atoms with Crippen molar-refractivity contribution < 1.29 is 19.4 Å². The molecule has 3 aromatic rings. The van der Waals surface area contributed by atoms with Gasteiger partial charge in [-0.15, -0.1) is 11.3 Å². The molecule has 1 atom stereocenters. The molecule has 6 heteroatoms. The fraction of sp³-hybridized carbons (Fsp3) is 0.231. The van der Waals surface area contributed by atoms with Gasteiger partial charge in [-0.05, 0) is 54.6 Å². The van der Waals surface area contributed by atoms with Gasteiger partial charge in [-0.1, -0.05) is 42.8 Å². The van der Waals surface area contributed by atoms with Gasteiger partial charge in [0.2, 0.25) is 0 Å². The maximum atomic E-state index is 13.1. The lowest BCUT2D eigenvalue weighted by atomic mass is 9.94. The summed E-state index contributed by atoms with van der Waals surface area (Å²) < 4.78 is 5.61. The first-order valence-electron chi connectivity index (χ1n) is 10.6. The molecule has 1 aromatic heterocycles. The molecular formula is C26H25NO4S. The Labute approximate surface area is 191 Å². The summed E-state index contributed by atoms with van der Waals surface area (Å²) in [6.45, 7) is 4.90. The summed E-state index contributed by atoms with van der Waals surface area (Å²) in [7, 11) is 0. The van der Waals surface area contributed by atoms with Crippen molar-refractivity contribution in [3.05, 3.63) is 93.2 Å². The summed E-state index contributed by atoms with van der Waals surface area (Å²) >= 11 is 1.53. The Morgan fingerprint density at radius 3 is 2.53 bits per heavy atom. The number of likely N-dealkylation sites (tertiary alicyclic amines) is 1. The largest absolute Gasteiger partial charge is 0.507 e. The first kappa shape index (κ1) is 21.8. The number of amides is 1. The number of rotatable bonds is 7. The van der Waals surface area contributed by atoms with Gasteiger partial charge in [0.05, 0.1) is 24.8 Å². The number of carbonyl (C=O) groups is 2. The molecule has 2 heterocycles. The molecule has 0 saturated carbocycles. The molecule has 5 nitrogen and oxygen atoms in total. The summed E-state index contributed by atoms with van der Waals surface area (Å²) in [4.78, 5) is 28.7. The monoisotopic (exact) mass is 447 g/mol. The Morgan fingerprint density at radius 1 is 1.09 bits per heavy atom. The van der Waals surface area contributed by atoms with E-state index < -0.39 is 17.7 Å². The summed E-state index contributed by atoms with van der Waals surface area (Å²) in [5.74, 6) is -0.756. The van der Waals surface area contributed by atoms with Crippen molar-refractivity contribution in [2.24, 2.45) is 0 Å². The molecule has 0 aliphatic carbocycles. The van der Waals surface area contributed by atoms with E-state index in [-0.39, 0.29) is 11.3 Å². The molecule has 1 unspecified atom stereocenters. The molecule has 0 spiro atoms. The Balaban J connectivity index is 1.78. The molecule has 1 N–H and O–H groups in total. The predicted octanol–water partition coefficient (Wildman–Crippen LogP) is 5.47. The van der Waals surface area contributed by atoms with Gasteiger partial charge >= 0.3 is 0 Å². The second-order valence-electron chi connectivity index (χ2n) is 7.79. The molecule has 1 saturated heterocycles. The van der Waals surface area contributed by atoms with Gasteiger partial charge in [-0.3, -0.25) is 9.59 Å². The molecule has 1 amide bonds. The van der Waals surface area contributed by atoms with Crippen LogP contribution < -0.4 is 4.74 Å². The SMILES string of the molecule is CCCOc1ccc(/C(O)=C2/C(=O)C(=O)N(Cc3cccs3)C2c2cccc(C)c2)cc1. The van der Waals surface area contributed by atoms with Crippen molar-refractivity contribution in [2.75, 3.05) is 6.61 Å². The van der Waals surface area contributed by atoms with Crippen molar-refractivity contribution in [3.8, 4) is 5.75 Å². The minimum Gasteiger partial charge on any atom is -0.507 e. The zero-order chi connectivity index (χ0) is 22.7. The molecule has 4 rings (SSSR count). The fourth-order valence-electron chi connectivity index (χ4n) is 3.88. The zero-order valence-electron chi connectivity index (χ0n) is 18.1. The topological polar surface area (TPSA) is 66.8 Å². The Morgan fingerprint density at radius 2 is 1.88 bits per heavy atom. The van der Waals surface area contributed by atoms with E-state index in [0.717, 1.165) is 22.4 Å². The Bertz CT molecular complexity index is 1150. The van der Waals surface area contributed by atoms with Gasteiger partial charge in [-0.25, -0.2) is 0 Å². The lowest BCUT2D eigenvalue weighted by Crippen LogP contribution is -2.28. The highest BCUT2D eigenvalue weighted by molar-refractivity contribution is 7.09. The molecular weight excluding hydrogens is 422 g/mol. The summed E-state index contributed by atoms with van der Waals surface area (Å²) in [5.41, 5.74) is 2.40. The van der Waals surface area contributed by atoms with Crippen LogP contribution in [0, 0.1) is 6.92 Å². The van der Waals surface area contributed by atoms with E-state index in [0.29, 0.717) is 24.5 Å². The quantitative estimate of drug-likeness (QED) is 0.296. The lowest BCUT2D eigenvalue weighted by Gasteiger charge is -2.25. The predicted molar refractivity (Wildman–Crippen MR) is 126 cm³/mol. The Kier molecular flexibility index (Phi) is 6.42. The zero-order valence-corrected chi connectivity index (χ0v) is 18.9. The van der Waals surface area contributed by atoms with Crippen LogP contribution in [-0.4, -0.2) is 28.3 Å². The van der Waals surface area contributed by atoms with E-state index >= 15 is 0 Å². The summed E-state index contributed by atoms with van der Waals surface area (Å²) in [6, 6.07) is 17.8. The summed E-state index contributed by atoms with van der Waals surface area (Å²) in [6.07, 6.45) is 0.895. The van der Waals surface area contributed by atoms with Crippen LogP contribution >= 0.6 is 11.3 Å². The number of hydrogen-bond donors (Lipinski definition) is 1. The van der Waals surface area contributed by atoms with Crippen LogP contribution in [0.4, 0.5) is 0 Å². The first-order valence-corrected chi connectivity index (χ1v) is 11.5.